The third-order valence-electron chi connectivity index (χ3n) is 7.62. The van der Waals surface area contributed by atoms with Crippen molar-refractivity contribution in [2.45, 2.75) is 38.0 Å². The van der Waals surface area contributed by atoms with E-state index in [0.717, 1.165) is 22.4 Å². The maximum atomic E-state index is 6.78. The van der Waals surface area contributed by atoms with Crippen LogP contribution < -0.4 is 0 Å². The van der Waals surface area contributed by atoms with Gasteiger partial charge in [-0.25, -0.2) is 0 Å². The monoisotopic (exact) mass is 401 g/mol. The summed E-state index contributed by atoms with van der Waals surface area (Å²) in [6.07, 6.45) is 6.93. The summed E-state index contributed by atoms with van der Waals surface area (Å²) in [6.45, 7) is 2.14. The molecule has 3 aromatic carbocycles. The van der Waals surface area contributed by atoms with Gasteiger partial charge in [0, 0.05) is 33.5 Å². The van der Waals surface area contributed by atoms with Gasteiger partial charge in [-0.05, 0) is 54.2 Å². The fourth-order valence-electron chi connectivity index (χ4n) is 6.28. The summed E-state index contributed by atoms with van der Waals surface area (Å²) in [5.74, 6) is 0. The van der Waals surface area contributed by atoms with E-state index in [2.05, 4.69) is 66.5 Å². The van der Waals surface area contributed by atoms with Crippen LogP contribution >= 0.6 is 0 Å². The van der Waals surface area contributed by atoms with Gasteiger partial charge in [0.25, 0.3) is 0 Å². The molecule has 1 fully saturated rings. The Morgan fingerprint density at radius 2 is 1.48 bits per heavy atom. The number of fused-ring (bicyclic) bond motifs is 9. The standard InChI is InChI=1S/C29H23NO/c1-18-11-12-19-20-13-14-23-26(21-8-2-3-9-22(21)29(23)15-5-6-16-29)28(20)31-27(19)25(18)24-10-4-7-17-30-24/h2-4,7-14,17H,5-6,15-16H2,1H3. The van der Waals surface area contributed by atoms with Crippen LogP contribution in [0.4, 0.5) is 0 Å². The van der Waals surface area contributed by atoms with Crippen molar-refractivity contribution in [1.29, 1.82) is 0 Å². The van der Waals surface area contributed by atoms with Gasteiger partial charge in [-0.2, -0.15) is 0 Å². The highest BCUT2D eigenvalue weighted by atomic mass is 16.3. The minimum absolute atomic E-state index is 0.165. The predicted molar refractivity (Wildman–Crippen MR) is 126 cm³/mol. The van der Waals surface area contributed by atoms with E-state index in [1.54, 1.807) is 0 Å². The number of hydrogen-bond acceptors (Lipinski definition) is 2. The van der Waals surface area contributed by atoms with Crippen LogP contribution in [0.15, 0.2) is 77.3 Å². The highest BCUT2D eigenvalue weighted by Crippen LogP contribution is 2.59. The van der Waals surface area contributed by atoms with Gasteiger partial charge in [0.15, 0.2) is 0 Å². The topological polar surface area (TPSA) is 26.0 Å². The fourth-order valence-corrected chi connectivity index (χ4v) is 6.28. The minimum Gasteiger partial charge on any atom is -0.455 e. The molecule has 0 unspecified atom stereocenters. The van der Waals surface area contributed by atoms with Crippen molar-refractivity contribution in [3.8, 4) is 22.4 Å². The molecule has 2 nitrogen and oxygen atoms in total. The van der Waals surface area contributed by atoms with E-state index in [0.29, 0.717) is 0 Å². The quantitative estimate of drug-likeness (QED) is 0.286. The Balaban J connectivity index is 1.61. The lowest BCUT2D eigenvalue weighted by Crippen LogP contribution is -2.20. The average molecular weight is 402 g/mol. The van der Waals surface area contributed by atoms with Crippen LogP contribution in [0.2, 0.25) is 0 Å². The molecule has 2 aromatic heterocycles. The Kier molecular flexibility index (Phi) is 3.39. The van der Waals surface area contributed by atoms with E-state index in [4.69, 9.17) is 4.42 Å². The number of nitrogens with zero attached hydrogens (tertiary/aromatic N) is 1. The second-order valence-corrected chi connectivity index (χ2v) is 9.15. The molecule has 0 bridgehead atoms. The number of pyridine rings is 1. The van der Waals surface area contributed by atoms with Crippen molar-refractivity contribution in [3.05, 3.63) is 89.6 Å². The normalized spacial score (nSPS) is 16.3. The summed E-state index contributed by atoms with van der Waals surface area (Å²) < 4.78 is 6.78. The first-order chi connectivity index (χ1) is 15.3. The van der Waals surface area contributed by atoms with Crippen molar-refractivity contribution in [2.24, 2.45) is 0 Å². The molecule has 2 heteroatoms. The first-order valence-electron chi connectivity index (χ1n) is 11.3. The largest absolute Gasteiger partial charge is 0.455 e. The van der Waals surface area contributed by atoms with Crippen LogP contribution in [-0.4, -0.2) is 4.98 Å². The maximum Gasteiger partial charge on any atom is 0.145 e. The van der Waals surface area contributed by atoms with Gasteiger partial charge in [0.2, 0.25) is 0 Å². The molecule has 0 N–H and O–H groups in total. The van der Waals surface area contributed by atoms with Crippen molar-refractivity contribution in [1.82, 2.24) is 4.98 Å². The van der Waals surface area contributed by atoms with Crippen molar-refractivity contribution >= 4 is 21.9 Å². The summed E-state index contributed by atoms with van der Waals surface area (Å²) >= 11 is 0. The first kappa shape index (κ1) is 17.3. The summed E-state index contributed by atoms with van der Waals surface area (Å²) in [6, 6.07) is 24.2. The minimum atomic E-state index is 0.165. The molecule has 0 radical (unpaired) electrons. The van der Waals surface area contributed by atoms with E-state index in [1.807, 2.05) is 18.3 Å². The maximum absolute atomic E-state index is 6.78. The lowest BCUT2D eigenvalue weighted by atomic mass is 9.77. The van der Waals surface area contributed by atoms with Crippen LogP contribution in [0, 0.1) is 6.92 Å². The van der Waals surface area contributed by atoms with Crippen LogP contribution in [0.5, 0.6) is 0 Å². The molecular formula is C29H23NO. The number of rotatable bonds is 1. The first-order valence-corrected chi connectivity index (χ1v) is 11.3. The van der Waals surface area contributed by atoms with Gasteiger partial charge in [-0.15, -0.1) is 0 Å². The van der Waals surface area contributed by atoms with E-state index in [9.17, 15) is 0 Å². The number of hydrogen-bond donors (Lipinski definition) is 0. The Bertz CT molecular complexity index is 1490. The van der Waals surface area contributed by atoms with Gasteiger partial charge < -0.3 is 4.42 Å². The van der Waals surface area contributed by atoms with Crippen molar-refractivity contribution in [3.63, 3.8) is 0 Å². The van der Waals surface area contributed by atoms with Gasteiger partial charge in [0.05, 0.1) is 5.69 Å². The Hall–Kier alpha value is -3.39. The highest BCUT2D eigenvalue weighted by Gasteiger charge is 2.46. The summed E-state index contributed by atoms with van der Waals surface area (Å²) in [7, 11) is 0. The Labute approximate surface area is 181 Å². The molecule has 0 aliphatic heterocycles. The molecule has 31 heavy (non-hydrogen) atoms. The molecule has 2 aliphatic rings. The molecule has 2 aliphatic carbocycles. The van der Waals surface area contributed by atoms with E-state index in [1.165, 1.54) is 64.3 Å². The van der Waals surface area contributed by atoms with Gasteiger partial charge >= 0.3 is 0 Å². The number of furan rings is 1. The van der Waals surface area contributed by atoms with Crippen molar-refractivity contribution < 1.29 is 4.42 Å². The molecule has 0 amide bonds. The third-order valence-corrected chi connectivity index (χ3v) is 7.62. The van der Waals surface area contributed by atoms with E-state index >= 15 is 0 Å². The fraction of sp³-hybridized carbons (Fsp3) is 0.207. The Morgan fingerprint density at radius 1 is 0.742 bits per heavy atom. The zero-order chi connectivity index (χ0) is 20.6. The molecule has 1 saturated carbocycles. The van der Waals surface area contributed by atoms with Crippen molar-refractivity contribution in [2.75, 3.05) is 0 Å². The zero-order valence-electron chi connectivity index (χ0n) is 17.6. The van der Waals surface area contributed by atoms with E-state index < -0.39 is 0 Å². The second-order valence-electron chi connectivity index (χ2n) is 9.15. The van der Waals surface area contributed by atoms with Crippen LogP contribution in [0.3, 0.4) is 0 Å². The van der Waals surface area contributed by atoms with E-state index in [-0.39, 0.29) is 5.41 Å². The lowest BCUT2D eigenvalue weighted by Gasteiger charge is -2.26. The summed E-state index contributed by atoms with van der Waals surface area (Å²) in [5, 5.41) is 2.38. The second kappa shape index (κ2) is 6.07. The number of aromatic nitrogens is 1. The van der Waals surface area contributed by atoms with Gasteiger partial charge in [0.1, 0.15) is 11.2 Å². The third kappa shape index (κ3) is 2.15. The predicted octanol–water partition coefficient (Wildman–Crippen LogP) is 7.80. The SMILES string of the molecule is Cc1ccc2c(oc3c4c(ccc32)C2(CCCC2)c2ccccc2-4)c1-c1ccccn1. The zero-order valence-corrected chi connectivity index (χ0v) is 17.6. The van der Waals surface area contributed by atoms with Crippen LogP contribution in [0.1, 0.15) is 42.4 Å². The number of aryl methyl sites for hydroxylation is 1. The summed E-state index contributed by atoms with van der Waals surface area (Å²) in [5.41, 5.74) is 11.0. The summed E-state index contributed by atoms with van der Waals surface area (Å²) in [4.78, 5) is 4.64. The van der Waals surface area contributed by atoms with Gasteiger partial charge in [-0.1, -0.05) is 67.4 Å². The van der Waals surface area contributed by atoms with Crippen LogP contribution in [0.25, 0.3) is 44.3 Å². The molecule has 2 heterocycles. The average Bonchev–Trinajstić information content (AvgIpc) is 3.51. The highest BCUT2D eigenvalue weighted by molar-refractivity contribution is 6.14. The molecule has 0 atom stereocenters. The Morgan fingerprint density at radius 3 is 2.29 bits per heavy atom. The van der Waals surface area contributed by atoms with Gasteiger partial charge in [-0.3, -0.25) is 4.98 Å². The molecule has 5 aromatic rings. The van der Waals surface area contributed by atoms with Crippen LogP contribution in [-0.2, 0) is 5.41 Å². The smallest absolute Gasteiger partial charge is 0.145 e. The molecule has 7 rings (SSSR count). The molecule has 150 valence electrons. The lowest BCUT2D eigenvalue weighted by molar-refractivity contribution is 0.549. The molecular weight excluding hydrogens is 378 g/mol. The molecule has 1 spiro atoms. The number of benzene rings is 3. The molecule has 0 saturated heterocycles.